The van der Waals surface area contributed by atoms with E-state index in [2.05, 4.69) is 0 Å². The van der Waals surface area contributed by atoms with Gasteiger partial charge < -0.3 is 23.4 Å². The molecule has 0 saturated heterocycles. The molecule has 3 aromatic rings. The summed E-state index contributed by atoms with van der Waals surface area (Å²) in [5.41, 5.74) is 0.650. The lowest BCUT2D eigenvalue weighted by Gasteiger charge is -2.20. The minimum absolute atomic E-state index is 0.187. The first-order chi connectivity index (χ1) is 14.1. The number of methoxy groups -OCH3 is 2. The van der Waals surface area contributed by atoms with Crippen LogP contribution in [-0.2, 0) is 9.53 Å². The maximum absolute atomic E-state index is 12.9. The summed E-state index contributed by atoms with van der Waals surface area (Å²) in [5.74, 6) is 0.0397. The van der Waals surface area contributed by atoms with Crippen LogP contribution in [0.3, 0.4) is 0 Å². The standard InChI is InChI=1S/C22H20O7/c1-4-27-22(24)20-17(14-11-12(25-2)9-10-15(14)26-3)18-19(29-20)13-7-5-6-8-16(13)28-21(18)23/h5-11,17,20H,4H2,1-3H3/t17-,20+/m1/s1. The van der Waals surface area contributed by atoms with Crippen LogP contribution < -0.4 is 19.8 Å². The number of esters is 1. The van der Waals surface area contributed by atoms with Gasteiger partial charge in [0.15, 0.2) is 0 Å². The van der Waals surface area contributed by atoms with Gasteiger partial charge in [-0.15, -0.1) is 0 Å². The summed E-state index contributed by atoms with van der Waals surface area (Å²) in [7, 11) is 3.06. The summed E-state index contributed by atoms with van der Waals surface area (Å²) < 4.78 is 27.6. The first-order valence-corrected chi connectivity index (χ1v) is 9.20. The van der Waals surface area contributed by atoms with Crippen LogP contribution in [0.2, 0.25) is 0 Å². The van der Waals surface area contributed by atoms with Crippen molar-refractivity contribution in [2.24, 2.45) is 0 Å². The van der Waals surface area contributed by atoms with Crippen molar-refractivity contribution in [3.05, 3.63) is 64.0 Å². The number of carbonyl (C=O) groups excluding carboxylic acids is 1. The Morgan fingerprint density at radius 1 is 1.10 bits per heavy atom. The molecule has 0 bridgehead atoms. The molecule has 2 aromatic carbocycles. The van der Waals surface area contributed by atoms with Crippen molar-refractivity contribution >= 4 is 16.9 Å². The highest BCUT2D eigenvalue weighted by molar-refractivity contribution is 5.88. The molecule has 0 fully saturated rings. The van der Waals surface area contributed by atoms with Gasteiger partial charge in [0, 0.05) is 5.56 Å². The normalized spacial score (nSPS) is 17.5. The van der Waals surface area contributed by atoms with Crippen molar-refractivity contribution in [2.45, 2.75) is 18.9 Å². The fourth-order valence-corrected chi connectivity index (χ4v) is 3.69. The second-order valence-corrected chi connectivity index (χ2v) is 6.50. The van der Waals surface area contributed by atoms with Gasteiger partial charge in [0.05, 0.1) is 37.7 Å². The van der Waals surface area contributed by atoms with Gasteiger partial charge in [0.2, 0.25) is 6.10 Å². The molecule has 1 aliphatic heterocycles. The van der Waals surface area contributed by atoms with Crippen LogP contribution >= 0.6 is 0 Å². The predicted octanol–water partition coefficient (Wildman–Crippen LogP) is 3.27. The summed E-state index contributed by atoms with van der Waals surface area (Å²) in [5, 5.41) is 0.612. The molecule has 4 rings (SSSR count). The van der Waals surface area contributed by atoms with Crippen molar-refractivity contribution in [2.75, 3.05) is 20.8 Å². The molecule has 2 heterocycles. The first-order valence-electron chi connectivity index (χ1n) is 9.20. The Balaban J connectivity index is 1.99. The molecule has 1 aliphatic rings. The molecule has 1 aromatic heterocycles. The van der Waals surface area contributed by atoms with E-state index in [1.54, 1.807) is 43.3 Å². The summed E-state index contributed by atoms with van der Waals surface area (Å²) >= 11 is 0. The molecular weight excluding hydrogens is 376 g/mol. The molecule has 2 atom stereocenters. The number of hydrogen-bond acceptors (Lipinski definition) is 7. The largest absolute Gasteiger partial charge is 0.497 e. The number of hydrogen-bond donors (Lipinski definition) is 0. The Kier molecular flexibility index (Phi) is 4.88. The zero-order valence-electron chi connectivity index (χ0n) is 16.3. The van der Waals surface area contributed by atoms with Crippen LogP contribution in [0.15, 0.2) is 51.7 Å². The SMILES string of the molecule is CCOC(=O)[C@H]1Oc2c(c(=O)oc3ccccc23)[C@H]1c1cc(OC)ccc1OC. The van der Waals surface area contributed by atoms with Gasteiger partial charge in [-0.05, 0) is 37.3 Å². The monoisotopic (exact) mass is 396 g/mol. The minimum Gasteiger partial charge on any atom is -0.497 e. The minimum atomic E-state index is -1.06. The van der Waals surface area contributed by atoms with Gasteiger partial charge in [-0.3, -0.25) is 0 Å². The number of rotatable bonds is 5. The molecule has 7 heteroatoms. The molecular formula is C22H20O7. The Bertz CT molecular complexity index is 1130. The summed E-state index contributed by atoms with van der Waals surface area (Å²) in [6.07, 6.45) is -1.06. The summed E-state index contributed by atoms with van der Waals surface area (Å²) in [6, 6.07) is 12.2. The van der Waals surface area contributed by atoms with Crippen LogP contribution in [0.25, 0.3) is 11.0 Å². The Hall–Kier alpha value is -3.48. The second-order valence-electron chi connectivity index (χ2n) is 6.50. The molecule has 0 radical (unpaired) electrons. The molecule has 29 heavy (non-hydrogen) atoms. The third-order valence-corrected chi connectivity index (χ3v) is 4.95. The highest BCUT2D eigenvalue weighted by Gasteiger charge is 2.46. The van der Waals surface area contributed by atoms with Gasteiger partial charge in [0.1, 0.15) is 22.8 Å². The zero-order chi connectivity index (χ0) is 20.5. The van der Waals surface area contributed by atoms with E-state index in [1.165, 1.54) is 14.2 Å². The Labute approximate surface area is 166 Å². The van der Waals surface area contributed by atoms with Gasteiger partial charge >= 0.3 is 11.6 Å². The quantitative estimate of drug-likeness (QED) is 0.483. The van der Waals surface area contributed by atoms with Gasteiger partial charge in [0.25, 0.3) is 0 Å². The van der Waals surface area contributed by atoms with Crippen molar-refractivity contribution < 1.29 is 28.2 Å². The smallest absolute Gasteiger partial charge is 0.348 e. The maximum Gasteiger partial charge on any atom is 0.348 e. The van der Waals surface area contributed by atoms with Gasteiger partial charge in [-0.25, -0.2) is 9.59 Å². The first kappa shape index (κ1) is 18.9. The van der Waals surface area contributed by atoms with Crippen molar-refractivity contribution in [3.63, 3.8) is 0 Å². The fraction of sp³-hybridized carbons (Fsp3) is 0.273. The number of fused-ring (bicyclic) bond motifs is 3. The number of benzene rings is 2. The van der Waals surface area contributed by atoms with E-state index in [4.69, 9.17) is 23.4 Å². The maximum atomic E-state index is 12.9. The van der Waals surface area contributed by atoms with Crippen LogP contribution in [0, 0.1) is 0 Å². The second kappa shape index (κ2) is 7.50. The van der Waals surface area contributed by atoms with Gasteiger partial charge in [-0.1, -0.05) is 12.1 Å². The average Bonchev–Trinajstić information content (AvgIpc) is 3.15. The van der Waals surface area contributed by atoms with Crippen LogP contribution in [0.1, 0.15) is 24.0 Å². The van der Waals surface area contributed by atoms with E-state index in [9.17, 15) is 9.59 Å². The number of carbonyl (C=O) groups is 1. The van der Waals surface area contributed by atoms with Crippen LogP contribution in [0.4, 0.5) is 0 Å². The lowest BCUT2D eigenvalue weighted by atomic mass is 9.87. The van der Waals surface area contributed by atoms with E-state index in [-0.39, 0.29) is 12.2 Å². The zero-order valence-corrected chi connectivity index (χ0v) is 16.3. The molecule has 0 N–H and O–H groups in total. The number of para-hydroxylation sites is 1. The number of ether oxygens (including phenoxy) is 4. The molecule has 7 nitrogen and oxygen atoms in total. The van der Waals surface area contributed by atoms with Crippen molar-refractivity contribution in [1.82, 2.24) is 0 Å². The lowest BCUT2D eigenvalue weighted by Crippen LogP contribution is -2.32. The Morgan fingerprint density at radius 3 is 2.62 bits per heavy atom. The third-order valence-electron chi connectivity index (χ3n) is 4.95. The van der Waals surface area contributed by atoms with E-state index in [0.29, 0.717) is 33.8 Å². The molecule has 0 unspecified atom stereocenters. The van der Waals surface area contributed by atoms with Crippen molar-refractivity contribution in [1.29, 1.82) is 0 Å². The van der Waals surface area contributed by atoms with E-state index in [0.717, 1.165) is 0 Å². The highest BCUT2D eigenvalue weighted by atomic mass is 16.6. The van der Waals surface area contributed by atoms with E-state index in [1.807, 2.05) is 6.07 Å². The van der Waals surface area contributed by atoms with E-state index < -0.39 is 23.6 Å². The fourth-order valence-electron chi connectivity index (χ4n) is 3.69. The molecule has 0 aliphatic carbocycles. The van der Waals surface area contributed by atoms with Crippen LogP contribution in [-0.4, -0.2) is 32.9 Å². The van der Waals surface area contributed by atoms with Crippen molar-refractivity contribution in [3.8, 4) is 17.2 Å². The van der Waals surface area contributed by atoms with Gasteiger partial charge in [-0.2, -0.15) is 0 Å². The third kappa shape index (κ3) is 3.08. The highest BCUT2D eigenvalue weighted by Crippen LogP contribution is 2.47. The van der Waals surface area contributed by atoms with E-state index >= 15 is 0 Å². The molecule has 0 amide bonds. The molecule has 150 valence electrons. The molecule has 0 spiro atoms. The average molecular weight is 396 g/mol. The molecule has 0 saturated carbocycles. The van der Waals surface area contributed by atoms with Crippen LogP contribution in [0.5, 0.6) is 17.2 Å². The summed E-state index contributed by atoms with van der Waals surface area (Å²) in [4.78, 5) is 25.7. The Morgan fingerprint density at radius 2 is 1.90 bits per heavy atom. The topological polar surface area (TPSA) is 84.2 Å². The lowest BCUT2D eigenvalue weighted by molar-refractivity contribution is -0.151. The summed E-state index contributed by atoms with van der Waals surface area (Å²) in [6.45, 7) is 1.90. The predicted molar refractivity (Wildman–Crippen MR) is 105 cm³/mol.